The van der Waals surface area contributed by atoms with E-state index in [1.54, 1.807) is 6.07 Å². The number of carbonyl (C=O) groups is 1. The molecule has 1 fully saturated rings. The van der Waals surface area contributed by atoms with Crippen molar-refractivity contribution in [2.75, 3.05) is 36.0 Å². The summed E-state index contributed by atoms with van der Waals surface area (Å²) in [6.07, 6.45) is 0. The lowest BCUT2D eigenvalue weighted by Crippen LogP contribution is -2.47. The van der Waals surface area contributed by atoms with Gasteiger partial charge in [-0.3, -0.25) is 9.89 Å². The predicted octanol–water partition coefficient (Wildman–Crippen LogP) is 1.59. The number of primary amides is 1. The van der Waals surface area contributed by atoms with Crippen LogP contribution in [0.2, 0.25) is 0 Å². The van der Waals surface area contributed by atoms with E-state index in [-0.39, 0.29) is 5.56 Å². The summed E-state index contributed by atoms with van der Waals surface area (Å²) >= 11 is 0. The van der Waals surface area contributed by atoms with Gasteiger partial charge in [0.2, 0.25) is 0 Å². The van der Waals surface area contributed by atoms with Crippen molar-refractivity contribution < 1.29 is 9.18 Å². The first-order chi connectivity index (χ1) is 11.0. The van der Waals surface area contributed by atoms with Crippen molar-refractivity contribution in [1.82, 2.24) is 10.2 Å². The second kappa shape index (κ2) is 5.91. The van der Waals surface area contributed by atoms with Gasteiger partial charge in [-0.1, -0.05) is 0 Å². The first kappa shape index (κ1) is 15.3. The van der Waals surface area contributed by atoms with Crippen molar-refractivity contribution in [1.29, 1.82) is 0 Å². The van der Waals surface area contributed by atoms with Crippen LogP contribution in [0.4, 0.5) is 15.8 Å². The third kappa shape index (κ3) is 2.86. The molecule has 1 saturated heterocycles. The van der Waals surface area contributed by atoms with E-state index in [0.717, 1.165) is 48.9 Å². The lowest BCUT2D eigenvalue weighted by Gasteiger charge is -2.37. The number of halogens is 1. The zero-order chi connectivity index (χ0) is 16.6. The first-order valence-corrected chi connectivity index (χ1v) is 7.58. The van der Waals surface area contributed by atoms with Gasteiger partial charge in [0, 0.05) is 31.9 Å². The molecule has 0 bridgehead atoms. The van der Waals surface area contributed by atoms with E-state index >= 15 is 0 Å². The molecule has 0 aliphatic carbocycles. The maximum atomic E-state index is 13.6. The molecule has 0 radical (unpaired) electrons. The van der Waals surface area contributed by atoms with Crippen molar-refractivity contribution >= 4 is 17.3 Å². The van der Waals surface area contributed by atoms with Crippen LogP contribution in [-0.2, 0) is 0 Å². The number of aromatic nitrogens is 2. The first-order valence-electron chi connectivity index (χ1n) is 7.58. The van der Waals surface area contributed by atoms with Gasteiger partial charge in [0.25, 0.3) is 5.91 Å². The molecular weight excluding hydrogens is 297 g/mol. The number of carbonyl (C=O) groups excluding carboxylic acids is 1. The minimum atomic E-state index is -0.743. The summed E-state index contributed by atoms with van der Waals surface area (Å²) in [6, 6.07) is 4.51. The average Bonchev–Trinajstić information content (AvgIpc) is 2.87. The number of hydrogen-bond acceptors (Lipinski definition) is 4. The Labute approximate surface area is 134 Å². The molecule has 1 aliphatic rings. The third-order valence-corrected chi connectivity index (χ3v) is 4.27. The number of rotatable bonds is 3. The predicted molar refractivity (Wildman–Crippen MR) is 87.4 cm³/mol. The molecule has 2 aromatic rings. The summed E-state index contributed by atoms with van der Waals surface area (Å²) in [5.74, 6) is -1.32. The largest absolute Gasteiger partial charge is 0.368 e. The van der Waals surface area contributed by atoms with Crippen molar-refractivity contribution in [2.24, 2.45) is 5.73 Å². The quantitative estimate of drug-likeness (QED) is 0.901. The Morgan fingerprint density at radius 2 is 1.87 bits per heavy atom. The second-order valence-electron chi connectivity index (χ2n) is 5.79. The Morgan fingerprint density at radius 1 is 1.22 bits per heavy atom. The topological polar surface area (TPSA) is 78.2 Å². The number of nitrogens with two attached hydrogens (primary N) is 1. The Hall–Kier alpha value is -2.57. The van der Waals surface area contributed by atoms with E-state index in [1.165, 1.54) is 12.1 Å². The van der Waals surface area contributed by atoms with Gasteiger partial charge in [-0.2, -0.15) is 5.10 Å². The van der Waals surface area contributed by atoms with Gasteiger partial charge in [0.15, 0.2) is 0 Å². The molecule has 3 N–H and O–H groups in total. The van der Waals surface area contributed by atoms with Gasteiger partial charge in [-0.15, -0.1) is 0 Å². The van der Waals surface area contributed by atoms with Crippen molar-refractivity contribution in [3.63, 3.8) is 0 Å². The zero-order valence-corrected chi connectivity index (χ0v) is 13.3. The van der Waals surface area contributed by atoms with Gasteiger partial charge < -0.3 is 15.5 Å². The third-order valence-electron chi connectivity index (χ3n) is 4.27. The number of H-pyrrole nitrogens is 1. The Bertz CT molecular complexity index is 715. The highest BCUT2D eigenvalue weighted by Gasteiger charge is 2.22. The average molecular weight is 317 g/mol. The van der Waals surface area contributed by atoms with E-state index in [0.29, 0.717) is 0 Å². The molecule has 1 aromatic carbocycles. The normalized spacial score (nSPS) is 15.1. The number of benzene rings is 1. The van der Waals surface area contributed by atoms with E-state index in [4.69, 9.17) is 5.73 Å². The van der Waals surface area contributed by atoms with Crippen LogP contribution in [0, 0.1) is 19.7 Å². The molecule has 0 saturated carbocycles. The number of hydrogen-bond donors (Lipinski definition) is 2. The fraction of sp³-hybridized carbons (Fsp3) is 0.375. The van der Waals surface area contributed by atoms with E-state index in [2.05, 4.69) is 20.0 Å². The minimum absolute atomic E-state index is 0.0635. The molecule has 1 aliphatic heterocycles. The lowest BCUT2D eigenvalue weighted by atomic mass is 10.1. The van der Waals surface area contributed by atoms with Crippen LogP contribution in [0.5, 0.6) is 0 Å². The number of anilines is 2. The highest BCUT2D eigenvalue weighted by Crippen LogP contribution is 2.26. The second-order valence-corrected chi connectivity index (χ2v) is 5.79. The smallest absolute Gasteiger partial charge is 0.251 e. The van der Waals surface area contributed by atoms with Crippen molar-refractivity contribution in [3.8, 4) is 0 Å². The maximum absolute atomic E-state index is 13.6. The van der Waals surface area contributed by atoms with Crippen LogP contribution >= 0.6 is 0 Å². The van der Waals surface area contributed by atoms with Crippen LogP contribution in [0.25, 0.3) is 0 Å². The zero-order valence-electron chi connectivity index (χ0n) is 13.3. The minimum Gasteiger partial charge on any atom is -0.368 e. The Kier molecular flexibility index (Phi) is 3.94. The van der Waals surface area contributed by atoms with Crippen molar-refractivity contribution in [2.45, 2.75) is 13.8 Å². The number of aromatic amines is 1. The van der Waals surface area contributed by atoms with Crippen LogP contribution < -0.4 is 15.5 Å². The highest BCUT2D eigenvalue weighted by molar-refractivity contribution is 5.94. The molecule has 7 heteroatoms. The summed E-state index contributed by atoms with van der Waals surface area (Å²) in [4.78, 5) is 15.7. The fourth-order valence-corrected chi connectivity index (χ4v) is 3.10. The SMILES string of the molecule is Cc1n[nH]c(C)c1N1CCN(c2ccc(F)c(C(N)=O)c2)CC1. The van der Waals surface area contributed by atoms with Gasteiger partial charge >= 0.3 is 0 Å². The van der Waals surface area contributed by atoms with Crippen molar-refractivity contribution in [3.05, 3.63) is 41.0 Å². The highest BCUT2D eigenvalue weighted by atomic mass is 19.1. The van der Waals surface area contributed by atoms with Crippen LogP contribution in [0.1, 0.15) is 21.7 Å². The molecule has 1 aromatic heterocycles. The van der Waals surface area contributed by atoms with Gasteiger partial charge in [-0.05, 0) is 32.0 Å². The maximum Gasteiger partial charge on any atom is 0.251 e. The van der Waals surface area contributed by atoms with E-state index < -0.39 is 11.7 Å². The molecule has 2 heterocycles. The monoisotopic (exact) mass is 317 g/mol. The number of amides is 1. The molecule has 0 spiro atoms. The summed E-state index contributed by atoms with van der Waals surface area (Å²) in [5.41, 5.74) is 9.18. The number of nitrogens with one attached hydrogen (secondary N) is 1. The van der Waals surface area contributed by atoms with E-state index in [1.807, 2.05) is 13.8 Å². The van der Waals surface area contributed by atoms with Gasteiger partial charge in [0.05, 0.1) is 22.6 Å². The fourth-order valence-electron chi connectivity index (χ4n) is 3.10. The van der Waals surface area contributed by atoms with Crippen LogP contribution in [0.3, 0.4) is 0 Å². The lowest BCUT2D eigenvalue weighted by molar-refractivity contribution is 0.0996. The molecule has 0 atom stereocenters. The molecule has 3 rings (SSSR count). The summed E-state index contributed by atoms with van der Waals surface area (Å²) in [5, 5.41) is 7.24. The molecule has 1 amide bonds. The number of aryl methyl sites for hydroxylation is 2. The summed E-state index contributed by atoms with van der Waals surface area (Å²) in [7, 11) is 0. The molecule has 23 heavy (non-hydrogen) atoms. The van der Waals surface area contributed by atoms with Crippen LogP contribution in [-0.4, -0.2) is 42.3 Å². The molecule has 122 valence electrons. The Balaban J connectivity index is 1.74. The number of piperazine rings is 1. The number of nitrogens with zero attached hydrogens (tertiary/aromatic N) is 3. The molecular formula is C16H20FN5O. The molecule has 0 unspecified atom stereocenters. The Morgan fingerprint density at radius 3 is 2.43 bits per heavy atom. The standard InChI is InChI=1S/C16H20FN5O/c1-10-15(11(2)20-19-10)22-7-5-21(6-8-22)12-3-4-14(17)13(9-12)16(18)23/h3-4,9H,5-8H2,1-2H3,(H2,18,23)(H,19,20). The summed E-state index contributed by atoms with van der Waals surface area (Å²) in [6.45, 7) is 7.25. The van der Waals surface area contributed by atoms with Gasteiger partial charge in [-0.25, -0.2) is 4.39 Å². The van der Waals surface area contributed by atoms with Gasteiger partial charge in [0.1, 0.15) is 5.82 Å². The van der Waals surface area contributed by atoms with Crippen LogP contribution in [0.15, 0.2) is 18.2 Å². The molecule has 6 nitrogen and oxygen atoms in total. The van der Waals surface area contributed by atoms with E-state index in [9.17, 15) is 9.18 Å². The summed E-state index contributed by atoms with van der Waals surface area (Å²) < 4.78 is 13.6.